The van der Waals surface area contributed by atoms with Crippen molar-refractivity contribution in [1.29, 1.82) is 0 Å². The molecule has 1 saturated heterocycles. The summed E-state index contributed by atoms with van der Waals surface area (Å²) in [5.74, 6) is -1.24. The van der Waals surface area contributed by atoms with Gasteiger partial charge in [-0.2, -0.15) is 13.2 Å². The van der Waals surface area contributed by atoms with Gasteiger partial charge in [-0.25, -0.2) is 0 Å². The van der Waals surface area contributed by atoms with E-state index in [9.17, 15) is 13.2 Å². The Morgan fingerprint density at radius 2 is 1.82 bits per heavy atom. The third kappa shape index (κ3) is 5.70. The van der Waals surface area contributed by atoms with Gasteiger partial charge in [-0.3, -0.25) is 4.90 Å². The average molecular weight is 254 g/mol. The molecule has 3 nitrogen and oxygen atoms in total. The Morgan fingerprint density at radius 1 is 1.18 bits per heavy atom. The van der Waals surface area contributed by atoms with Gasteiger partial charge < -0.3 is 10.5 Å². The van der Waals surface area contributed by atoms with E-state index in [0.29, 0.717) is 19.6 Å². The van der Waals surface area contributed by atoms with Crippen molar-refractivity contribution in [1.82, 2.24) is 4.90 Å². The highest BCUT2D eigenvalue weighted by molar-refractivity contribution is 4.70. The maximum absolute atomic E-state index is 12.6. The minimum atomic E-state index is -4.11. The first-order valence-electron chi connectivity index (χ1n) is 6.11. The number of hydrogen-bond acceptors (Lipinski definition) is 3. The van der Waals surface area contributed by atoms with Gasteiger partial charge >= 0.3 is 6.18 Å². The van der Waals surface area contributed by atoms with Crippen LogP contribution in [-0.4, -0.2) is 50.5 Å². The van der Waals surface area contributed by atoms with E-state index in [-0.39, 0.29) is 19.4 Å². The summed E-state index contributed by atoms with van der Waals surface area (Å²) < 4.78 is 42.9. The first kappa shape index (κ1) is 14.7. The van der Waals surface area contributed by atoms with Crippen molar-refractivity contribution < 1.29 is 17.9 Å². The molecule has 102 valence electrons. The molecule has 0 aliphatic carbocycles. The second-order valence-electron chi connectivity index (χ2n) is 4.41. The third-order valence-electron chi connectivity index (χ3n) is 3.11. The van der Waals surface area contributed by atoms with Crippen LogP contribution in [0, 0.1) is 5.92 Å². The minimum absolute atomic E-state index is 0.0343. The van der Waals surface area contributed by atoms with Gasteiger partial charge in [0.2, 0.25) is 0 Å². The quantitative estimate of drug-likeness (QED) is 0.783. The number of morpholine rings is 1. The molecule has 1 fully saturated rings. The van der Waals surface area contributed by atoms with Crippen LogP contribution in [0.25, 0.3) is 0 Å². The fourth-order valence-electron chi connectivity index (χ4n) is 2.06. The van der Waals surface area contributed by atoms with Crippen LogP contribution in [0.15, 0.2) is 0 Å². The normalized spacial score (nSPS) is 20.5. The summed E-state index contributed by atoms with van der Waals surface area (Å²) in [5.41, 5.74) is 5.21. The van der Waals surface area contributed by atoms with E-state index < -0.39 is 12.1 Å². The van der Waals surface area contributed by atoms with Crippen molar-refractivity contribution >= 4 is 0 Å². The Morgan fingerprint density at radius 3 is 2.35 bits per heavy atom. The van der Waals surface area contributed by atoms with Crippen LogP contribution < -0.4 is 5.73 Å². The largest absolute Gasteiger partial charge is 0.391 e. The second-order valence-corrected chi connectivity index (χ2v) is 4.41. The van der Waals surface area contributed by atoms with E-state index in [1.165, 1.54) is 0 Å². The molecule has 0 bridgehead atoms. The number of rotatable bonds is 6. The monoisotopic (exact) mass is 254 g/mol. The Balaban J connectivity index is 2.21. The molecule has 0 aromatic carbocycles. The number of hydrogen-bond donors (Lipinski definition) is 1. The lowest BCUT2D eigenvalue weighted by atomic mass is 9.98. The van der Waals surface area contributed by atoms with E-state index in [0.717, 1.165) is 19.6 Å². The van der Waals surface area contributed by atoms with Crippen LogP contribution in [0.1, 0.15) is 19.3 Å². The Labute approximate surface area is 100 Å². The molecule has 0 saturated carbocycles. The predicted octanol–water partition coefficient (Wildman–Crippen LogP) is 1.63. The summed E-state index contributed by atoms with van der Waals surface area (Å²) in [6.45, 7) is 3.85. The van der Waals surface area contributed by atoms with Crippen LogP contribution >= 0.6 is 0 Å². The van der Waals surface area contributed by atoms with Crippen LogP contribution in [0.3, 0.4) is 0 Å². The molecule has 1 heterocycles. The van der Waals surface area contributed by atoms with Gasteiger partial charge in [-0.05, 0) is 32.4 Å². The van der Waals surface area contributed by atoms with Gasteiger partial charge in [0.1, 0.15) is 0 Å². The van der Waals surface area contributed by atoms with E-state index in [1.54, 1.807) is 0 Å². The molecule has 0 amide bonds. The molecule has 1 aliphatic rings. The Hall–Kier alpha value is -0.330. The molecule has 0 spiro atoms. The van der Waals surface area contributed by atoms with Gasteiger partial charge in [0.25, 0.3) is 0 Å². The maximum Gasteiger partial charge on any atom is 0.391 e. The first-order valence-corrected chi connectivity index (χ1v) is 6.11. The van der Waals surface area contributed by atoms with Crippen molar-refractivity contribution in [3.05, 3.63) is 0 Å². The van der Waals surface area contributed by atoms with Crippen molar-refractivity contribution in [3.8, 4) is 0 Å². The van der Waals surface area contributed by atoms with Crippen LogP contribution in [0.2, 0.25) is 0 Å². The van der Waals surface area contributed by atoms with Gasteiger partial charge in [-0.1, -0.05) is 0 Å². The Kier molecular flexibility index (Phi) is 6.22. The summed E-state index contributed by atoms with van der Waals surface area (Å²) in [6.07, 6.45) is -3.32. The molecular weight excluding hydrogens is 233 g/mol. The lowest BCUT2D eigenvalue weighted by molar-refractivity contribution is -0.178. The van der Waals surface area contributed by atoms with E-state index in [2.05, 4.69) is 4.90 Å². The summed E-state index contributed by atoms with van der Waals surface area (Å²) in [7, 11) is 0. The van der Waals surface area contributed by atoms with Crippen molar-refractivity contribution in [3.63, 3.8) is 0 Å². The standard InChI is InChI=1S/C11H21F3N2O/c12-11(13,14)10(3-4-15)2-1-5-16-6-8-17-9-7-16/h10H,1-9,15H2. The molecule has 1 aliphatic heterocycles. The molecule has 1 unspecified atom stereocenters. The van der Waals surface area contributed by atoms with Gasteiger partial charge in [0.15, 0.2) is 0 Å². The number of nitrogens with two attached hydrogens (primary N) is 1. The van der Waals surface area contributed by atoms with Gasteiger partial charge in [-0.15, -0.1) is 0 Å². The van der Waals surface area contributed by atoms with Gasteiger partial charge in [0.05, 0.1) is 19.1 Å². The second kappa shape index (κ2) is 7.18. The Bertz CT molecular complexity index is 205. The van der Waals surface area contributed by atoms with E-state index in [4.69, 9.17) is 10.5 Å². The predicted molar refractivity (Wildman–Crippen MR) is 59.7 cm³/mol. The summed E-state index contributed by atoms with van der Waals surface area (Å²) in [4.78, 5) is 2.15. The molecular formula is C11H21F3N2O. The molecule has 6 heteroatoms. The summed E-state index contributed by atoms with van der Waals surface area (Å²) in [6, 6.07) is 0. The fraction of sp³-hybridized carbons (Fsp3) is 1.00. The third-order valence-corrected chi connectivity index (χ3v) is 3.11. The molecule has 1 rings (SSSR count). The zero-order chi connectivity index (χ0) is 12.7. The van der Waals surface area contributed by atoms with Crippen molar-refractivity contribution in [2.45, 2.75) is 25.4 Å². The molecule has 17 heavy (non-hydrogen) atoms. The topological polar surface area (TPSA) is 38.5 Å². The number of halogens is 3. The summed E-state index contributed by atoms with van der Waals surface area (Å²) >= 11 is 0. The van der Waals surface area contributed by atoms with E-state index >= 15 is 0 Å². The molecule has 0 aromatic heterocycles. The maximum atomic E-state index is 12.6. The molecule has 1 atom stereocenters. The first-order chi connectivity index (χ1) is 8.04. The zero-order valence-corrected chi connectivity index (χ0v) is 10.0. The zero-order valence-electron chi connectivity index (χ0n) is 10.0. The molecule has 0 aromatic rings. The van der Waals surface area contributed by atoms with E-state index in [1.807, 2.05) is 0 Å². The van der Waals surface area contributed by atoms with Crippen LogP contribution in [-0.2, 0) is 4.74 Å². The SMILES string of the molecule is NCCC(CCCN1CCOCC1)C(F)(F)F. The minimum Gasteiger partial charge on any atom is -0.379 e. The number of ether oxygens (including phenoxy) is 1. The highest BCUT2D eigenvalue weighted by atomic mass is 19.4. The highest BCUT2D eigenvalue weighted by Gasteiger charge is 2.38. The van der Waals surface area contributed by atoms with Crippen molar-refractivity contribution in [2.75, 3.05) is 39.4 Å². The van der Waals surface area contributed by atoms with Gasteiger partial charge in [0, 0.05) is 13.1 Å². The molecule has 2 N–H and O–H groups in total. The highest BCUT2D eigenvalue weighted by Crippen LogP contribution is 2.32. The summed E-state index contributed by atoms with van der Waals surface area (Å²) in [5, 5.41) is 0. The smallest absolute Gasteiger partial charge is 0.379 e. The lowest BCUT2D eigenvalue weighted by Crippen LogP contribution is -2.37. The lowest BCUT2D eigenvalue weighted by Gasteiger charge is -2.27. The molecule has 0 radical (unpaired) electrons. The van der Waals surface area contributed by atoms with Crippen molar-refractivity contribution in [2.24, 2.45) is 11.7 Å². The number of nitrogens with zero attached hydrogens (tertiary/aromatic N) is 1. The number of alkyl halides is 3. The fourth-order valence-corrected chi connectivity index (χ4v) is 2.06. The van der Waals surface area contributed by atoms with Crippen LogP contribution in [0.4, 0.5) is 13.2 Å². The average Bonchev–Trinajstić information content (AvgIpc) is 2.28. The van der Waals surface area contributed by atoms with Crippen LogP contribution in [0.5, 0.6) is 0 Å².